The first-order valence-electron chi connectivity index (χ1n) is 10.7. The number of carbonyl (C=O) groups is 2. The van der Waals surface area contributed by atoms with Crippen LogP contribution in [0.3, 0.4) is 0 Å². The van der Waals surface area contributed by atoms with E-state index in [9.17, 15) is 14.8 Å². The second-order valence-corrected chi connectivity index (χ2v) is 9.20. The van der Waals surface area contributed by atoms with Crippen LogP contribution < -0.4 is 4.65 Å². The number of carbonyl (C=O) groups excluding carboxylic acids is 2. The molecule has 164 valence electrons. The van der Waals surface area contributed by atoms with Crippen molar-refractivity contribution in [3.63, 3.8) is 0 Å². The maximum Gasteiger partial charge on any atom is 0.282 e. The highest BCUT2D eigenvalue weighted by Gasteiger charge is 2.47. The highest BCUT2D eigenvalue weighted by atomic mass is 35.5. The second kappa shape index (κ2) is 8.61. The normalized spacial score (nSPS) is 23.5. The summed E-state index contributed by atoms with van der Waals surface area (Å²) in [6.07, 6.45) is 1.71. The standard InChI is InChI=1S/C24H28ClN3O3/c1-26(2)23(29)18-11-13-27(14-12-18)24(30)22-15-19-5-3-4-6-21(19)28(22,31)16-17-7-9-20(25)10-8-17/h3-10,18,22H,11-16H2,1-2H3. The molecule has 2 unspecified atom stereocenters. The van der Waals surface area contributed by atoms with Gasteiger partial charge in [0.1, 0.15) is 12.2 Å². The Morgan fingerprint density at radius 1 is 1.10 bits per heavy atom. The zero-order valence-corrected chi connectivity index (χ0v) is 18.7. The number of benzene rings is 2. The average Bonchev–Trinajstić information content (AvgIpc) is 3.07. The van der Waals surface area contributed by atoms with Gasteiger partial charge in [-0.2, -0.15) is 0 Å². The van der Waals surface area contributed by atoms with Gasteiger partial charge in [0.15, 0.2) is 6.04 Å². The van der Waals surface area contributed by atoms with Crippen molar-refractivity contribution in [3.8, 4) is 0 Å². The Hall–Kier alpha value is -2.41. The van der Waals surface area contributed by atoms with Crippen molar-refractivity contribution >= 4 is 29.1 Å². The number of fused-ring (bicyclic) bond motifs is 1. The van der Waals surface area contributed by atoms with Crippen molar-refractivity contribution in [1.82, 2.24) is 14.4 Å². The van der Waals surface area contributed by atoms with Gasteiger partial charge in [-0.05, 0) is 31.0 Å². The number of amides is 2. The molecular weight excluding hydrogens is 414 g/mol. The van der Waals surface area contributed by atoms with Crippen LogP contribution in [-0.2, 0) is 22.6 Å². The third-order valence-electron chi connectivity index (χ3n) is 6.53. The monoisotopic (exact) mass is 441 g/mol. The number of piperidine rings is 1. The van der Waals surface area contributed by atoms with Gasteiger partial charge in [-0.15, -0.1) is 0 Å². The number of hydrogen-bond donors (Lipinski definition) is 0. The maximum absolute atomic E-state index is 14.3. The highest BCUT2D eigenvalue weighted by Crippen LogP contribution is 2.41. The van der Waals surface area contributed by atoms with Gasteiger partial charge in [0.05, 0.1) is 0 Å². The van der Waals surface area contributed by atoms with Crippen LogP contribution in [0.25, 0.3) is 0 Å². The summed E-state index contributed by atoms with van der Waals surface area (Å²) in [5.41, 5.74) is 2.44. The first kappa shape index (κ1) is 21.8. The number of nitrogens with zero attached hydrogens (tertiary/aromatic N) is 3. The quantitative estimate of drug-likeness (QED) is 0.538. The fourth-order valence-electron chi connectivity index (χ4n) is 4.82. The van der Waals surface area contributed by atoms with Crippen LogP contribution in [-0.4, -0.2) is 54.8 Å². The van der Waals surface area contributed by atoms with E-state index in [0.29, 0.717) is 43.1 Å². The molecule has 0 saturated carbocycles. The van der Waals surface area contributed by atoms with Crippen molar-refractivity contribution < 1.29 is 9.59 Å². The summed E-state index contributed by atoms with van der Waals surface area (Å²) in [4.78, 5) is 29.2. The number of likely N-dealkylation sites (tertiary alicyclic amines) is 1. The van der Waals surface area contributed by atoms with E-state index in [2.05, 4.69) is 0 Å². The van der Waals surface area contributed by atoms with Gasteiger partial charge in [-0.3, -0.25) is 9.59 Å². The van der Waals surface area contributed by atoms with Gasteiger partial charge in [0.2, 0.25) is 5.91 Å². The predicted molar refractivity (Wildman–Crippen MR) is 122 cm³/mol. The molecule has 2 amide bonds. The van der Waals surface area contributed by atoms with Crippen molar-refractivity contribution in [2.45, 2.75) is 31.8 Å². The lowest BCUT2D eigenvalue weighted by Crippen LogP contribution is -2.58. The van der Waals surface area contributed by atoms with Crippen molar-refractivity contribution in [2.24, 2.45) is 5.92 Å². The summed E-state index contributed by atoms with van der Waals surface area (Å²) in [6.45, 7) is 1.20. The largest absolute Gasteiger partial charge is 0.627 e. The van der Waals surface area contributed by atoms with Crippen LogP contribution in [0.1, 0.15) is 24.0 Å². The van der Waals surface area contributed by atoms with E-state index in [1.165, 1.54) is 0 Å². The predicted octanol–water partition coefficient (Wildman–Crippen LogP) is 3.60. The lowest BCUT2D eigenvalue weighted by atomic mass is 9.94. The molecule has 2 aromatic rings. The molecule has 2 aromatic carbocycles. The molecular formula is C24H28ClN3O3. The molecule has 2 aliphatic heterocycles. The smallest absolute Gasteiger partial charge is 0.282 e. The van der Waals surface area contributed by atoms with Crippen LogP contribution in [0.4, 0.5) is 5.69 Å². The van der Waals surface area contributed by atoms with Gasteiger partial charge >= 0.3 is 0 Å². The number of hydrogen-bond acceptors (Lipinski definition) is 3. The summed E-state index contributed by atoms with van der Waals surface area (Å²) >= 11 is 6.01. The Morgan fingerprint density at radius 3 is 2.39 bits per heavy atom. The Morgan fingerprint density at radius 2 is 1.74 bits per heavy atom. The number of quaternary nitrogens is 1. The lowest BCUT2D eigenvalue weighted by Gasteiger charge is -2.45. The maximum atomic E-state index is 14.3. The molecule has 7 heteroatoms. The van der Waals surface area contributed by atoms with E-state index in [4.69, 9.17) is 11.6 Å². The summed E-state index contributed by atoms with van der Waals surface area (Å²) < 4.78 is -0.687. The minimum absolute atomic E-state index is 0.0552. The molecule has 31 heavy (non-hydrogen) atoms. The van der Waals surface area contributed by atoms with Crippen LogP contribution in [0.2, 0.25) is 5.02 Å². The van der Waals surface area contributed by atoms with E-state index < -0.39 is 10.7 Å². The molecule has 0 radical (unpaired) electrons. The first-order valence-corrected chi connectivity index (χ1v) is 11.1. The molecule has 4 rings (SSSR count). The first-order chi connectivity index (χ1) is 14.8. The topological polar surface area (TPSA) is 63.7 Å². The highest BCUT2D eigenvalue weighted by molar-refractivity contribution is 6.30. The van der Waals surface area contributed by atoms with E-state index in [1.54, 1.807) is 36.0 Å². The number of halogens is 1. The average molecular weight is 442 g/mol. The minimum Gasteiger partial charge on any atom is -0.627 e. The number of rotatable bonds is 4. The SMILES string of the molecule is CN(C)C(=O)C1CCN(C(=O)C2Cc3ccccc3[N+]2([O-])Cc2ccc(Cl)cc2)CC1. The molecule has 0 aliphatic carbocycles. The van der Waals surface area contributed by atoms with Crippen LogP contribution in [0.15, 0.2) is 48.5 Å². The Kier molecular flexibility index (Phi) is 6.06. The summed E-state index contributed by atoms with van der Waals surface area (Å²) in [5, 5.41) is 14.9. The fourth-order valence-corrected chi connectivity index (χ4v) is 4.95. The van der Waals surface area contributed by atoms with Crippen molar-refractivity contribution in [3.05, 3.63) is 69.9 Å². The molecule has 2 aliphatic rings. The van der Waals surface area contributed by atoms with E-state index in [0.717, 1.165) is 11.1 Å². The summed E-state index contributed by atoms with van der Waals surface area (Å²) in [5.74, 6) is -0.0617. The molecule has 0 bridgehead atoms. The number of hydroxylamine groups is 2. The van der Waals surface area contributed by atoms with Crippen LogP contribution >= 0.6 is 11.6 Å². The van der Waals surface area contributed by atoms with Crippen molar-refractivity contribution in [1.29, 1.82) is 0 Å². The minimum atomic E-state index is -0.714. The molecule has 2 heterocycles. The lowest BCUT2D eigenvalue weighted by molar-refractivity contribution is -0.141. The van der Waals surface area contributed by atoms with Crippen LogP contribution in [0, 0.1) is 11.1 Å². The molecule has 0 spiro atoms. The summed E-state index contributed by atoms with van der Waals surface area (Å²) in [7, 11) is 3.52. The van der Waals surface area contributed by atoms with Gasteiger partial charge in [-0.1, -0.05) is 41.9 Å². The molecule has 2 atom stereocenters. The zero-order chi connectivity index (χ0) is 22.2. The van der Waals surface area contributed by atoms with Crippen LogP contribution in [0.5, 0.6) is 0 Å². The van der Waals surface area contributed by atoms with Gasteiger partial charge < -0.3 is 19.7 Å². The van der Waals surface area contributed by atoms with Crippen molar-refractivity contribution in [2.75, 3.05) is 27.2 Å². The molecule has 0 aromatic heterocycles. The Labute approximate surface area is 188 Å². The number of para-hydroxylation sites is 1. The molecule has 1 saturated heterocycles. The second-order valence-electron chi connectivity index (χ2n) is 8.76. The van der Waals surface area contributed by atoms with E-state index in [-0.39, 0.29) is 24.3 Å². The van der Waals surface area contributed by atoms with Gasteiger partial charge in [-0.25, -0.2) is 0 Å². The third kappa shape index (κ3) is 4.20. The third-order valence-corrected chi connectivity index (χ3v) is 6.78. The molecule has 6 nitrogen and oxygen atoms in total. The van der Waals surface area contributed by atoms with E-state index >= 15 is 0 Å². The summed E-state index contributed by atoms with van der Waals surface area (Å²) in [6, 6.07) is 14.1. The molecule has 1 fully saturated rings. The Balaban J connectivity index is 1.56. The fraction of sp³-hybridized carbons (Fsp3) is 0.417. The Bertz CT molecular complexity index is 970. The van der Waals surface area contributed by atoms with E-state index in [1.807, 2.05) is 36.4 Å². The van der Waals surface area contributed by atoms with Gasteiger partial charge in [0.25, 0.3) is 5.91 Å². The zero-order valence-electron chi connectivity index (χ0n) is 18.0. The molecule has 0 N–H and O–H groups in total. The van der Waals surface area contributed by atoms with Gasteiger partial charge in [0, 0.05) is 55.7 Å².